The van der Waals surface area contributed by atoms with Gasteiger partial charge in [0.2, 0.25) is 11.8 Å². The lowest BCUT2D eigenvalue weighted by Crippen LogP contribution is -2.45. The number of morpholine rings is 1. The normalized spacial score (nSPS) is 23.0. The predicted octanol–water partition coefficient (Wildman–Crippen LogP) is 2.53. The van der Waals surface area contributed by atoms with Crippen molar-refractivity contribution >= 4 is 11.8 Å². The van der Waals surface area contributed by atoms with E-state index >= 15 is 0 Å². The number of hydrogen-bond acceptors (Lipinski definition) is 4. The average molecular weight is 389 g/mol. The minimum Gasteiger partial charge on any atom is -0.497 e. The molecule has 1 aromatic carbocycles. The number of carbonyl (C=O) groups excluding carboxylic acids is 2. The Kier molecular flexibility index (Phi) is 6.28. The topological polar surface area (TPSA) is 59.1 Å². The van der Waals surface area contributed by atoms with Crippen LogP contribution >= 0.6 is 0 Å². The average Bonchev–Trinajstić information content (AvgIpc) is 3.12. The van der Waals surface area contributed by atoms with Crippen molar-refractivity contribution in [2.75, 3.05) is 46.5 Å². The number of carbonyl (C=O) groups is 2. The first-order valence-corrected chi connectivity index (χ1v) is 10.1. The standard InChI is InChI=1S/C22H32N2O4/c1-22(2,3)13-20(25)24-14-18(16-5-7-17(27-4)8-6-16)19(15-24)21(26)23-9-11-28-12-10-23/h5-8,18-19H,9-15H2,1-4H3/t18-,19+/m1/s1. The van der Waals surface area contributed by atoms with Crippen molar-refractivity contribution in [3.05, 3.63) is 29.8 Å². The van der Waals surface area contributed by atoms with Crippen LogP contribution in [0.2, 0.25) is 0 Å². The molecule has 0 bridgehead atoms. The van der Waals surface area contributed by atoms with Gasteiger partial charge in [0.25, 0.3) is 0 Å². The first kappa shape index (κ1) is 20.6. The zero-order valence-corrected chi connectivity index (χ0v) is 17.4. The zero-order chi connectivity index (χ0) is 20.3. The summed E-state index contributed by atoms with van der Waals surface area (Å²) in [5.74, 6) is 0.845. The molecule has 3 rings (SSSR count). The van der Waals surface area contributed by atoms with Crippen LogP contribution < -0.4 is 4.74 Å². The summed E-state index contributed by atoms with van der Waals surface area (Å²) in [7, 11) is 1.64. The van der Waals surface area contributed by atoms with E-state index < -0.39 is 0 Å². The Bertz CT molecular complexity index is 689. The molecule has 2 saturated heterocycles. The van der Waals surface area contributed by atoms with Crippen molar-refractivity contribution in [3.8, 4) is 5.75 Å². The quantitative estimate of drug-likeness (QED) is 0.795. The fraction of sp³-hybridized carbons (Fsp3) is 0.636. The van der Waals surface area contributed by atoms with Gasteiger partial charge in [-0.05, 0) is 23.1 Å². The Morgan fingerprint density at radius 3 is 2.29 bits per heavy atom. The number of nitrogens with zero attached hydrogens (tertiary/aromatic N) is 2. The summed E-state index contributed by atoms with van der Waals surface area (Å²) in [5.41, 5.74) is 1.01. The van der Waals surface area contributed by atoms with E-state index in [0.717, 1.165) is 11.3 Å². The lowest BCUT2D eigenvalue weighted by atomic mass is 9.88. The van der Waals surface area contributed by atoms with Crippen LogP contribution in [0.3, 0.4) is 0 Å². The summed E-state index contributed by atoms with van der Waals surface area (Å²) >= 11 is 0. The van der Waals surface area contributed by atoms with Crippen LogP contribution in [-0.4, -0.2) is 68.1 Å². The maximum atomic E-state index is 13.3. The first-order valence-electron chi connectivity index (χ1n) is 10.1. The number of likely N-dealkylation sites (tertiary alicyclic amines) is 1. The molecule has 154 valence electrons. The molecule has 6 heteroatoms. The number of methoxy groups -OCH3 is 1. The molecule has 6 nitrogen and oxygen atoms in total. The van der Waals surface area contributed by atoms with E-state index in [1.807, 2.05) is 34.1 Å². The molecule has 0 aromatic heterocycles. The summed E-state index contributed by atoms with van der Waals surface area (Å²) in [6, 6.07) is 7.87. The van der Waals surface area contributed by atoms with Crippen molar-refractivity contribution in [1.82, 2.24) is 9.80 Å². The molecule has 0 N–H and O–H groups in total. The maximum absolute atomic E-state index is 13.3. The molecule has 1 aromatic rings. The van der Waals surface area contributed by atoms with Crippen molar-refractivity contribution in [2.45, 2.75) is 33.1 Å². The molecule has 0 unspecified atom stereocenters. The molecule has 2 fully saturated rings. The molecule has 2 atom stereocenters. The second-order valence-corrected chi connectivity index (χ2v) is 8.96. The molecule has 0 aliphatic carbocycles. The third kappa shape index (κ3) is 4.85. The minimum absolute atomic E-state index is 0.00479. The highest BCUT2D eigenvalue weighted by atomic mass is 16.5. The molecule has 28 heavy (non-hydrogen) atoms. The van der Waals surface area contributed by atoms with Gasteiger partial charge in [0, 0.05) is 38.5 Å². The van der Waals surface area contributed by atoms with Crippen molar-refractivity contribution in [2.24, 2.45) is 11.3 Å². The van der Waals surface area contributed by atoms with Crippen LogP contribution in [0.1, 0.15) is 38.7 Å². The Hall–Kier alpha value is -2.08. The van der Waals surface area contributed by atoms with E-state index in [0.29, 0.717) is 45.8 Å². The summed E-state index contributed by atoms with van der Waals surface area (Å²) in [4.78, 5) is 29.9. The molecule has 2 aliphatic rings. The minimum atomic E-state index is -0.213. The van der Waals surface area contributed by atoms with Gasteiger partial charge in [-0.1, -0.05) is 32.9 Å². The summed E-state index contributed by atoms with van der Waals surface area (Å²) in [6.45, 7) is 9.69. The Labute approximate surface area is 167 Å². The van der Waals surface area contributed by atoms with Gasteiger partial charge in [0.15, 0.2) is 0 Å². The maximum Gasteiger partial charge on any atom is 0.228 e. The van der Waals surface area contributed by atoms with Gasteiger partial charge in [0.1, 0.15) is 5.75 Å². The zero-order valence-electron chi connectivity index (χ0n) is 17.4. The second kappa shape index (κ2) is 8.52. The number of rotatable bonds is 4. The molecule has 2 heterocycles. The van der Waals surface area contributed by atoms with E-state index in [4.69, 9.17) is 9.47 Å². The van der Waals surface area contributed by atoms with Crippen molar-refractivity contribution in [3.63, 3.8) is 0 Å². The summed E-state index contributed by atoms with van der Waals surface area (Å²) in [5, 5.41) is 0. The highest BCUT2D eigenvalue weighted by Crippen LogP contribution is 2.36. The van der Waals surface area contributed by atoms with Gasteiger partial charge in [-0.3, -0.25) is 9.59 Å². The highest BCUT2D eigenvalue weighted by Gasteiger charge is 2.42. The Morgan fingerprint density at radius 2 is 1.71 bits per heavy atom. The first-order chi connectivity index (χ1) is 13.3. The lowest BCUT2D eigenvalue weighted by Gasteiger charge is -2.31. The van der Waals surface area contributed by atoms with Crippen LogP contribution in [-0.2, 0) is 14.3 Å². The van der Waals surface area contributed by atoms with Gasteiger partial charge in [0.05, 0.1) is 26.2 Å². The highest BCUT2D eigenvalue weighted by molar-refractivity contribution is 5.83. The Balaban J connectivity index is 1.81. The monoisotopic (exact) mass is 388 g/mol. The van der Waals surface area contributed by atoms with E-state index in [2.05, 4.69) is 20.8 Å². The lowest BCUT2D eigenvalue weighted by molar-refractivity contribution is -0.140. The van der Waals surface area contributed by atoms with Gasteiger partial charge in [-0.15, -0.1) is 0 Å². The number of amides is 2. The van der Waals surface area contributed by atoms with Crippen LogP contribution in [0.4, 0.5) is 0 Å². The van der Waals surface area contributed by atoms with Gasteiger partial charge < -0.3 is 19.3 Å². The summed E-state index contributed by atoms with van der Waals surface area (Å²) < 4.78 is 10.7. The molecule has 0 saturated carbocycles. The van der Waals surface area contributed by atoms with Crippen LogP contribution in [0.15, 0.2) is 24.3 Å². The van der Waals surface area contributed by atoms with Gasteiger partial charge in [-0.25, -0.2) is 0 Å². The van der Waals surface area contributed by atoms with Crippen LogP contribution in [0, 0.1) is 11.3 Å². The van der Waals surface area contributed by atoms with E-state index in [1.165, 1.54) is 0 Å². The van der Waals surface area contributed by atoms with Crippen LogP contribution in [0.5, 0.6) is 5.75 Å². The van der Waals surface area contributed by atoms with E-state index in [-0.39, 0.29) is 29.1 Å². The van der Waals surface area contributed by atoms with E-state index in [1.54, 1.807) is 7.11 Å². The van der Waals surface area contributed by atoms with E-state index in [9.17, 15) is 9.59 Å². The molecular formula is C22H32N2O4. The third-order valence-corrected chi connectivity index (χ3v) is 5.54. The molecule has 2 amide bonds. The summed E-state index contributed by atoms with van der Waals surface area (Å²) in [6.07, 6.45) is 0.487. The number of hydrogen-bond donors (Lipinski definition) is 0. The fourth-order valence-electron chi connectivity index (χ4n) is 4.03. The SMILES string of the molecule is COc1ccc([C@H]2CN(C(=O)CC(C)(C)C)C[C@@H]2C(=O)N2CCOCC2)cc1. The number of ether oxygens (including phenoxy) is 2. The third-order valence-electron chi connectivity index (χ3n) is 5.54. The van der Waals surface area contributed by atoms with Crippen molar-refractivity contribution in [1.29, 1.82) is 0 Å². The molecular weight excluding hydrogens is 356 g/mol. The second-order valence-electron chi connectivity index (χ2n) is 8.96. The van der Waals surface area contributed by atoms with Gasteiger partial charge in [-0.2, -0.15) is 0 Å². The Morgan fingerprint density at radius 1 is 1.07 bits per heavy atom. The van der Waals surface area contributed by atoms with Gasteiger partial charge >= 0.3 is 0 Å². The fourth-order valence-corrected chi connectivity index (χ4v) is 4.03. The molecule has 0 radical (unpaired) electrons. The number of benzene rings is 1. The largest absolute Gasteiger partial charge is 0.497 e. The molecule has 2 aliphatic heterocycles. The van der Waals surface area contributed by atoms with Crippen molar-refractivity contribution < 1.29 is 19.1 Å². The van der Waals surface area contributed by atoms with Crippen LogP contribution in [0.25, 0.3) is 0 Å². The predicted molar refractivity (Wildman–Crippen MR) is 107 cm³/mol. The molecule has 0 spiro atoms. The smallest absolute Gasteiger partial charge is 0.228 e.